The van der Waals surface area contributed by atoms with Crippen LogP contribution in [0.4, 0.5) is 0 Å². The molecule has 0 aromatic heterocycles. The standard InChI is InChI=1S/C16H12O5S/c17-16(18)13-7-4-8-14-15(13)11(10-22(14,19)20)9-21-12-5-2-1-3-6-12/h1-8,10H,9H2,(H,17,18). The number of carboxylic acids is 1. The number of rotatable bonds is 4. The van der Waals surface area contributed by atoms with Crippen molar-refractivity contribution >= 4 is 21.4 Å². The van der Waals surface area contributed by atoms with Crippen molar-refractivity contribution in [1.29, 1.82) is 0 Å². The molecule has 0 saturated carbocycles. The third-order valence-electron chi connectivity index (χ3n) is 3.32. The topological polar surface area (TPSA) is 80.7 Å². The first kappa shape index (κ1) is 14.3. The van der Waals surface area contributed by atoms with Crippen molar-refractivity contribution in [3.05, 3.63) is 65.1 Å². The van der Waals surface area contributed by atoms with Crippen molar-refractivity contribution in [3.63, 3.8) is 0 Å². The molecular formula is C16H12O5S. The molecule has 6 heteroatoms. The van der Waals surface area contributed by atoms with E-state index >= 15 is 0 Å². The fraction of sp³-hybridized carbons (Fsp3) is 0.0625. The SMILES string of the molecule is O=C(O)c1cccc2c1C(COc1ccccc1)=CS2(=O)=O. The van der Waals surface area contributed by atoms with Crippen LogP contribution in [0.25, 0.3) is 5.57 Å². The van der Waals surface area contributed by atoms with Crippen LogP contribution >= 0.6 is 0 Å². The van der Waals surface area contributed by atoms with Gasteiger partial charge in [0.15, 0.2) is 0 Å². The predicted molar refractivity (Wildman–Crippen MR) is 80.5 cm³/mol. The summed E-state index contributed by atoms with van der Waals surface area (Å²) in [6, 6.07) is 13.1. The van der Waals surface area contributed by atoms with E-state index in [1.54, 1.807) is 24.3 Å². The van der Waals surface area contributed by atoms with E-state index in [-0.39, 0.29) is 22.6 Å². The zero-order valence-corrected chi connectivity index (χ0v) is 12.2. The summed E-state index contributed by atoms with van der Waals surface area (Å²) in [5, 5.41) is 10.3. The number of sulfone groups is 1. The highest BCUT2D eigenvalue weighted by Gasteiger charge is 2.31. The number of benzene rings is 2. The van der Waals surface area contributed by atoms with Crippen molar-refractivity contribution < 1.29 is 23.1 Å². The first-order chi connectivity index (χ1) is 10.5. The monoisotopic (exact) mass is 316 g/mol. The molecule has 1 N–H and O–H groups in total. The quantitative estimate of drug-likeness (QED) is 0.937. The first-order valence-electron chi connectivity index (χ1n) is 6.49. The lowest BCUT2D eigenvalue weighted by molar-refractivity contribution is 0.0696. The number of carbonyl (C=O) groups is 1. The summed E-state index contributed by atoms with van der Waals surface area (Å²) in [6.45, 7) is -0.0134. The van der Waals surface area contributed by atoms with Crippen LogP contribution in [-0.4, -0.2) is 26.1 Å². The number of ether oxygens (including phenoxy) is 1. The third kappa shape index (κ3) is 2.48. The molecule has 22 heavy (non-hydrogen) atoms. The minimum absolute atomic E-state index is 0.0130. The second-order valence-corrected chi connectivity index (χ2v) is 6.54. The van der Waals surface area contributed by atoms with E-state index in [4.69, 9.17) is 4.74 Å². The second kappa shape index (κ2) is 5.31. The molecule has 0 atom stereocenters. The molecule has 0 spiro atoms. The van der Waals surface area contributed by atoms with Gasteiger partial charge in [-0.1, -0.05) is 24.3 Å². The van der Waals surface area contributed by atoms with Gasteiger partial charge in [0.2, 0.25) is 9.84 Å². The summed E-state index contributed by atoms with van der Waals surface area (Å²) >= 11 is 0. The molecule has 112 valence electrons. The molecule has 0 amide bonds. The molecule has 0 aliphatic carbocycles. The van der Waals surface area contributed by atoms with Crippen LogP contribution in [0.15, 0.2) is 58.8 Å². The summed E-state index contributed by atoms with van der Waals surface area (Å²) in [7, 11) is -3.62. The van der Waals surface area contributed by atoms with Crippen LogP contribution in [0.2, 0.25) is 0 Å². The van der Waals surface area contributed by atoms with Gasteiger partial charge < -0.3 is 9.84 Å². The van der Waals surface area contributed by atoms with Gasteiger partial charge in [0.05, 0.1) is 10.5 Å². The summed E-state index contributed by atoms with van der Waals surface area (Å²) in [4.78, 5) is 11.3. The molecule has 1 aliphatic rings. The van der Waals surface area contributed by atoms with E-state index in [2.05, 4.69) is 0 Å². The predicted octanol–water partition coefficient (Wildman–Crippen LogP) is 2.59. The number of para-hydroxylation sites is 1. The van der Waals surface area contributed by atoms with Crippen LogP contribution in [0.3, 0.4) is 0 Å². The van der Waals surface area contributed by atoms with E-state index in [0.717, 1.165) is 5.41 Å². The molecule has 0 fully saturated rings. The lowest BCUT2D eigenvalue weighted by Crippen LogP contribution is -2.06. The minimum atomic E-state index is -3.62. The van der Waals surface area contributed by atoms with Crippen molar-refractivity contribution in [2.45, 2.75) is 4.90 Å². The van der Waals surface area contributed by atoms with Crippen LogP contribution in [0.5, 0.6) is 5.75 Å². The minimum Gasteiger partial charge on any atom is -0.489 e. The molecule has 0 unspecified atom stereocenters. The molecular weight excluding hydrogens is 304 g/mol. The number of hydrogen-bond acceptors (Lipinski definition) is 4. The van der Waals surface area contributed by atoms with Crippen LogP contribution in [-0.2, 0) is 9.84 Å². The maximum absolute atomic E-state index is 12.1. The normalized spacial score (nSPS) is 15.0. The fourth-order valence-electron chi connectivity index (χ4n) is 2.37. The van der Waals surface area contributed by atoms with Gasteiger partial charge in [-0.15, -0.1) is 0 Å². The molecule has 1 aliphatic heterocycles. The van der Waals surface area contributed by atoms with Crippen molar-refractivity contribution in [1.82, 2.24) is 0 Å². The molecule has 1 heterocycles. The van der Waals surface area contributed by atoms with Crippen LogP contribution < -0.4 is 4.74 Å². The summed E-state index contributed by atoms with van der Waals surface area (Å²) < 4.78 is 29.8. The first-order valence-corrected chi connectivity index (χ1v) is 8.04. The number of hydrogen-bond donors (Lipinski definition) is 1. The van der Waals surface area contributed by atoms with Crippen molar-refractivity contribution in [2.24, 2.45) is 0 Å². The maximum atomic E-state index is 12.1. The summed E-state index contributed by atoms with van der Waals surface area (Å²) in [6.07, 6.45) is 0. The highest BCUT2D eigenvalue weighted by Crippen LogP contribution is 2.36. The molecule has 0 saturated heterocycles. The second-order valence-electron chi connectivity index (χ2n) is 4.77. The Morgan fingerprint density at radius 3 is 2.45 bits per heavy atom. The smallest absolute Gasteiger partial charge is 0.336 e. The lowest BCUT2D eigenvalue weighted by atomic mass is 10.0. The Hall–Kier alpha value is -2.60. The van der Waals surface area contributed by atoms with Crippen LogP contribution in [0, 0.1) is 0 Å². The van der Waals surface area contributed by atoms with Gasteiger partial charge in [-0.2, -0.15) is 0 Å². The molecule has 5 nitrogen and oxygen atoms in total. The van der Waals surface area contributed by atoms with E-state index in [1.165, 1.54) is 18.2 Å². The number of aromatic carboxylic acids is 1. The van der Waals surface area contributed by atoms with Gasteiger partial charge in [0.1, 0.15) is 12.4 Å². The highest BCUT2D eigenvalue weighted by atomic mass is 32.2. The van der Waals surface area contributed by atoms with Crippen LogP contribution in [0.1, 0.15) is 15.9 Å². The highest BCUT2D eigenvalue weighted by molar-refractivity contribution is 7.95. The molecule has 0 bridgehead atoms. The Bertz CT molecular complexity index is 867. The molecule has 3 rings (SSSR count). The van der Waals surface area contributed by atoms with Gasteiger partial charge in [-0.05, 0) is 24.3 Å². The lowest BCUT2D eigenvalue weighted by Gasteiger charge is -2.10. The number of fused-ring (bicyclic) bond motifs is 1. The fourth-order valence-corrected chi connectivity index (χ4v) is 3.85. The van der Waals surface area contributed by atoms with Gasteiger partial charge in [-0.3, -0.25) is 0 Å². The average molecular weight is 316 g/mol. The molecule has 0 radical (unpaired) electrons. The largest absolute Gasteiger partial charge is 0.489 e. The van der Waals surface area contributed by atoms with E-state index < -0.39 is 15.8 Å². The Morgan fingerprint density at radius 2 is 1.77 bits per heavy atom. The van der Waals surface area contributed by atoms with E-state index in [1.807, 2.05) is 6.07 Å². The Labute approximate surface area is 127 Å². The maximum Gasteiger partial charge on any atom is 0.336 e. The Balaban J connectivity index is 2.00. The van der Waals surface area contributed by atoms with Crippen molar-refractivity contribution in [2.75, 3.05) is 6.61 Å². The number of carboxylic acid groups (broad SMARTS) is 1. The molecule has 2 aromatic rings. The van der Waals surface area contributed by atoms with Gasteiger partial charge >= 0.3 is 5.97 Å². The van der Waals surface area contributed by atoms with E-state index in [0.29, 0.717) is 11.3 Å². The summed E-state index contributed by atoms with van der Waals surface area (Å²) in [5.74, 6) is -0.582. The van der Waals surface area contributed by atoms with Gasteiger partial charge in [-0.25, -0.2) is 13.2 Å². The Kier molecular flexibility index (Phi) is 3.46. The van der Waals surface area contributed by atoms with Crippen molar-refractivity contribution in [3.8, 4) is 5.75 Å². The third-order valence-corrected chi connectivity index (χ3v) is 4.87. The van der Waals surface area contributed by atoms with Gasteiger partial charge in [0, 0.05) is 16.5 Å². The summed E-state index contributed by atoms with van der Waals surface area (Å²) in [5.41, 5.74) is 0.518. The Morgan fingerprint density at radius 1 is 1.05 bits per heavy atom. The average Bonchev–Trinajstić information content (AvgIpc) is 2.77. The molecule has 2 aromatic carbocycles. The van der Waals surface area contributed by atoms with E-state index in [9.17, 15) is 18.3 Å². The zero-order chi connectivity index (χ0) is 15.7. The zero-order valence-electron chi connectivity index (χ0n) is 11.4. The van der Waals surface area contributed by atoms with Gasteiger partial charge in [0.25, 0.3) is 0 Å².